The zero-order chi connectivity index (χ0) is 16.2. The van der Waals surface area contributed by atoms with E-state index in [4.69, 9.17) is 4.98 Å². The lowest BCUT2D eigenvalue weighted by Crippen LogP contribution is -1.87. The summed E-state index contributed by atoms with van der Waals surface area (Å²) in [6, 6.07) is 26.6. The topological polar surface area (TPSA) is 12.9 Å². The van der Waals surface area contributed by atoms with Crippen LogP contribution in [0.1, 0.15) is 27.7 Å². The van der Waals surface area contributed by atoms with Gasteiger partial charge in [-0.25, -0.2) is 4.98 Å². The fraction of sp³-hybridized carbons (Fsp3) is 0.190. The summed E-state index contributed by atoms with van der Waals surface area (Å²) in [6.45, 7) is 8.00. The number of hydrogen-bond acceptors (Lipinski definition) is 1. The van der Waals surface area contributed by atoms with Crippen LogP contribution in [0.3, 0.4) is 0 Å². The first-order valence-corrected chi connectivity index (χ1v) is 8.01. The molecule has 0 aliphatic heterocycles. The van der Waals surface area contributed by atoms with Crippen LogP contribution in [0.5, 0.6) is 0 Å². The van der Waals surface area contributed by atoms with Crippen LogP contribution in [0.25, 0.3) is 22.5 Å². The van der Waals surface area contributed by atoms with Crippen molar-refractivity contribution in [3.63, 3.8) is 0 Å². The van der Waals surface area contributed by atoms with Crippen molar-refractivity contribution in [2.45, 2.75) is 27.7 Å². The number of aromatic nitrogens is 1. The van der Waals surface area contributed by atoms with Gasteiger partial charge in [0.1, 0.15) is 0 Å². The first-order valence-electron chi connectivity index (χ1n) is 8.01. The van der Waals surface area contributed by atoms with Gasteiger partial charge in [-0.3, -0.25) is 0 Å². The molecule has 0 aliphatic rings. The molecule has 0 N–H and O–H groups in total. The Kier molecular flexibility index (Phi) is 8.29. The molecule has 0 saturated heterocycles. The highest BCUT2D eigenvalue weighted by Crippen LogP contribution is 2.21. The van der Waals surface area contributed by atoms with E-state index in [1.807, 2.05) is 76.2 Å². The monoisotopic (exact) mass is 291 g/mol. The van der Waals surface area contributed by atoms with Crippen molar-refractivity contribution in [2.24, 2.45) is 0 Å². The lowest BCUT2D eigenvalue weighted by molar-refractivity contribution is 1.32. The molecule has 0 aliphatic carbocycles. The van der Waals surface area contributed by atoms with E-state index in [1.54, 1.807) is 0 Å². The van der Waals surface area contributed by atoms with Crippen LogP contribution in [-0.2, 0) is 0 Å². The summed E-state index contributed by atoms with van der Waals surface area (Å²) in [5, 5.41) is 0. The molecule has 0 atom stereocenters. The molecule has 2 aromatic carbocycles. The van der Waals surface area contributed by atoms with Gasteiger partial charge in [-0.15, -0.1) is 0 Å². The van der Waals surface area contributed by atoms with Crippen molar-refractivity contribution in [1.82, 2.24) is 4.98 Å². The molecule has 1 heterocycles. The van der Waals surface area contributed by atoms with E-state index < -0.39 is 0 Å². The molecule has 3 rings (SSSR count). The molecule has 1 heteroatoms. The predicted octanol–water partition coefficient (Wildman–Crippen LogP) is 6.47. The van der Waals surface area contributed by atoms with Crippen LogP contribution < -0.4 is 0 Å². The van der Waals surface area contributed by atoms with Gasteiger partial charge in [0.2, 0.25) is 0 Å². The zero-order valence-corrected chi connectivity index (χ0v) is 14.0. The molecule has 1 nitrogen and oxygen atoms in total. The maximum absolute atomic E-state index is 4.71. The van der Waals surface area contributed by atoms with E-state index in [-0.39, 0.29) is 0 Å². The lowest BCUT2D eigenvalue weighted by Gasteiger charge is -2.04. The van der Waals surface area contributed by atoms with Crippen LogP contribution in [0, 0.1) is 0 Å². The summed E-state index contributed by atoms with van der Waals surface area (Å²) in [6.07, 6.45) is 0. The number of nitrogens with zero attached hydrogens (tertiary/aromatic N) is 1. The predicted molar refractivity (Wildman–Crippen MR) is 97.8 cm³/mol. The normalized spacial score (nSPS) is 8.91. The van der Waals surface area contributed by atoms with Crippen LogP contribution in [0.15, 0.2) is 78.9 Å². The minimum Gasteiger partial charge on any atom is -0.248 e. The van der Waals surface area contributed by atoms with Crippen molar-refractivity contribution in [3.05, 3.63) is 78.9 Å². The standard InChI is InChI=1S/C17H13N.2C2H6/c1-3-8-14(9-4-1)16-12-7-13-17(18-16)15-10-5-2-6-11-15;2*1-2/h1-13H;2*1-2H3. The van der Waals surface area contributed by atoms with Gasteiger partial charge >= 0.3 is 0 Å². The molecule has 3 aromatic rings. The Morgan fingerprint density at radius 3 is 1.18 bits per heavy atom. The van der Waals surface area contributed by atoms with Gasteiger partial charge in [-0.1, -0.05) is 94.4 Å². The Bertz CT molecular complexity index is 576. The summed E-state index contributed by atoms with van der Waals surface area (Å²) in [4.78, 5) is 4.71. The van der Waals surface area contributed by atoms with Crippen molar-refractivity contribution in [2.75, 3.05) is 0 Å². The number of hydrogen-bond donors (Lipinski definition) is 0. The fourth-order valence-electron chi connectivity index (χ4n) is 1.97. The molecular formula is C21H25N. The van der Waals surface area contributed by atoms with Gasteiger partial charge in [-0.05, 0) is 12.1 Å². The highest BCUT2D eigenvalue weighted by Gasteiger charge is 2.01. The van der Waals surface area contributed by atoms with Crippen LogP contribution in [-0.4, -0.2) is 4.98 Å². The van der Waals surface area contributed by atoms with E-state index >= 15 is 0 Å². The zero-order valence-electron chi connectivity index (χ0n) is 14.0. The molecule has 0 saturated carbocycles. The third-order valence-corrected chi connectivity index (χ3v) is 2.89. The molecule has 0 unspecified atom stereocenters. The second-order valence-corrected chi connectivity index (χ2v) is 4.14. The van der Waals surface area contributed by atoms with Crippen molar-refractivity contribution in [3.8, 4) is 22.5 Å². The number of benzene rings is 2. The minimum atomic E-state index is 1.01. The van der Waals surface area contributed by atoms with E-state index in [0.717, 1.165) is 22.5 Å². The van der Waals surface area contributed by atoms with E-state index in [1.165, 1.54) is 0 Å². The third kappa shape index (κ3) is 4.85. The second kappa shape index (κ2) is 10.3. The molecule has 22 heavy (non-hydrogen) atoms. The Labute approximate surface area is 134 Å². The average molecular weight is 291 g/mol. The highest BCUT2D eigenvalue weighted by molar-refractivity contribution is 5.65. The molecule has 0 spiro atoms. The minimum absolute atomic E-state index is 1.01. The summed E-state index contributed by atoms with van der Waals surface area (Å²) < 4.78 is 0. The quantitative estimate of drug-likeness (QED) is 0.527. The molecule has 0 amide bonds. The maximum atomic E-state index is 4.71. The number of pyridine rings is 1. The van der Waals surface area contributed by atoms with Gasteiger partial charge in [0.05, 0.1) is 11.4 Å². The van der Waals surface area contributed by atoms with Gasteiger partial charge in [-0.2, -0.15) is 0 Å². The first kappa shape index (κ1) is 17.6. The Morgan fingerprint density at radius 1 is 0.455 bits per heavy atom. The van der Waals surface area contributed by atoms with Crippen molar-refractivity contribution < 1.29 is 0 Å². The van der Waals surface area contributed by atoms with Gasteiger partial charge in [0.25, 0.3) is 0 Å². The van der Waals surface area contributed by atoms with Gasteiger partial charge < -0.3 is 0 Å². The third-order valence-electron chi connectivity index (χ3n) is 2.89. The Hall–Kier alpha value is -2.41. The van der Waals surface area contributed by atoms with Crippen molar-refractivity contribution >= 4 is 0 Å². The first-order chi connectivity index (χ1) is 10.9. The fourth-order valence-corrected chi connectivity index (χ4v) is 1.97. The summed E-state index contributed by atoms with van der Waals surface area (Å²) in [5.74, 6) is 0. The van der Waals surface area contributed by atoms with Crippen LogP contribution in [0.4, 0.5) is 0 Å². The Morgan fingerprint density at radius 2 is 0.818 bits per heavy atom. The highest BCUT2D eigenvalue weighted by atomic mass is 14.7. The van der Waals surface area contributed by atoms with E-state index in [0.29, 0.717) is 0 Å². The summed E-state index contributed by atoms with van der Waals surface area (Å²) in [7, 11) is 0. The van der Waals surface area contributed by atoms with E-state index in [9.17, 15) is 0 Å². The Balaban J connectivity index is 0.000000561. The van der Waals surface area contributed by atoms with Gasteiger partial charge in [0, 0.05) is 11.1 Å². The maximum Gasteiger partial charge on any atom is 0.0709 e. The summed E-state index contributed by atoms with van der Waals surface area (Å²) in [5.41, 5.74) is 4.32. The van der Waals surface area contributed by atoms with Crippen molar-refractivity contribution in [1.29, 1.82) is 0 Å². The second-order valence-electron chi connectivity index (χ2n) is 4.14. The SMILES string of the molecule is CC.CC.c1ccc(-c2cccc(-c3ccccc3)n2)cc1. The van der Waals surface area contributed by atoms with Crippen LogP contribution >= 0.6 is 0 Å². The molecule has 0 bridgehead atoms. The molecule has 0 radical (unpaired) electrons. The smallest absolute Gasteiger partial charge is 0.0709 e. The average Bonchev–Trinajstić information content (AvgIpc) is 2.67. The molecule has 114 valence electrons. The largest absolute Gasteiger partial charge is 0.248 e. The summed E-state index contributed by atoms with van der Waals surface area (Å²) >= 11 is 0. The molecule has 1 aromatic heterocycles. The number of rotatable bonds is 2. The van der Waals surface area contributed by atoms with Gasteiger partial charge in [0.15, 0.2) is 0 Å². The molecular weight excluding hydrogens is 266 g/mol. The van der Waals surface area contributed by atoms with Crippen LogP contribution in [0.2, 0.25) is 0 Å². The lowest BCUT2D eigenvalue weighted by atomic mass is 10.1. The molecule has 0 fully saturated rings. The van der Waals surface area contributed by atoms with E-state index in [2.05, 4.69) is 30.3 Å².